The summed E-state index contributed by atoms with van der Waals surface area (Å²) in [5.74, 6) is 0.766. The molecule has 2 rings (SSSR count). The number of nitrogens with one attached hydrogen (secondary N) is 1. The zero-order valence-electron chi connectivity index (χ0n) is 12.1. The summed E-state index contributed by atoms with van der Waals surface area (Å²) < 4.78 is 39.1. The second kappa shape index (κ2) is 7.03. The zero-order valence-corrected chi connectivity index (χ0v) is 13.7. The number of anilines is 1. The fourth-order valence-electron chi connectivity index (χ4n) is 2.96. The Morgan fingerprint density at radius 1 is 1.19 bits per heavy atom. The van der Waals surface area contributed by atoms with E-state index in [0.717, 1.165) is 37.7 Å². The van der Waals surface area contributed by atoms with Crippen molar-refractivity contribution < 1.29 is 13.2 Å². The molecular formula is C16H21BrF3N. The second-order valence-electron chi connectivity index (χ2n) is 5.82. The summed E-state index contributed by atoms with van der Waals surface area (Å²) in [5, 5.41) is 3.30. The Morgan fingerprint density at radius 2 is 1.95 bits per heavy atom. The van der Waals surface area contributed by atoms with E-state index >= 15 is 0 Å². The normalized spacial score (nSPS) is 23.7. The number of alkyl halides is 3. The second-order valence-corrected chi connectivity index (χ2v) is 6.67. The van der Waals surface area contributed by atoms with Crippen LogP contribution in [0.2, 0.25) is 0 Å². The molecule has 1 aliphatic carbocycles. The molecule has 0 aromatic heterocycles. The molecule has 0 spiro atoms. The van der Waals surface area contributed by atoms with Gasteiger partial charge in [0.2, 0.25) is 0 Å². The van der Waals surface area contributed by atoms with Crippen LogP contribution in [-0.4, -0.2) is 6.04 Å². The third-order valence-corrected chi connectivity index (χ3v) is 5.01. The predicted octanol–water partition coefficient (Wildman–Crippen LogP) is 6.24. The van der Waals surface area contributed by atoms with Crippen molar-refractivity contribution in [2.45, 2.75) is 57.7 Å². The maximum atomic E-state index is 12.8. The Kier molecular flexibility index (Phi) is 5.58. The summed E-state index contributed by atoms with van der Waals surface area (Å²) in [4.78, 5) is 0. The summed E-state index contributed by atoms with van der Waals surface area (Å²) in [5.41, 5.74) is -0.0574. The van der Waals surface area contributed by atoms with Crippen LogP contribution in [0.1, 0.15) is 51.0 Å². The van der Waals surface area contributed by atoms with Gasteiger partial charge >= 0.3 is 6.18 Å². The Hall–Kier alpha value is -0.710. The van der Waals surface area contributed by atoms with Crippen molar-refractivity contribution in [2.75, 3.05) is 5.32 Å². The van der Waals surface area contributed by atoms with Crippen molar-refractivity contribution in [1.29, 1.82) is 0 Å². The molecule has 0 heterocycles. The van der Waals surface area contributed by atoms with Gasteiger partial charge in [-0.25, -0.2) is 0 Å². The molecule has 0 radical (unpaired) electrons. The zero-order chi connectivity index (χ0) is 15.5. The lowest BCUT2D eigenvalue weighted by molar-refractivity contribution is -0.137. The van der Waals surface area contributed by atoms with E-state index in [-0.39, 0.29) is 6.04 Å². The molecule has 21 heavy (non-hydrogen) atoms. The van der Waals surface area contributed by atoms with Crippen molar-refractivity contribution in [1.82, 2.24) is 0 Å². The number of halogens is 4. The van der Waals surface area contributed by atoms with Crippen LogP contribution in [0.15, 0.2) is 22.7 Å². The summed E-state index contributed by atoms with van der Waals surface area (Å²) in [7, 11) is 0. The van der Waals surface area contributed by atoms with Gasteiger partial charge in [0, 0.05) is 16.2 Å². The molecule has 1 aromatic carbocycles. The molecule has 0 aliphatic heterocycles. The number of benzene rings is 1. The van der Waals surface area contributed by atoms with Crippen molar-refractivity contribution >= 4 is 21.6 Å². The van der Waals surface area contributed by atoms with Crippen molar-refractivity contribution in [3.05, 3.63) is 28.2 Å². The molecule has 5 heteroatoms. The number of hydrogen-bond donors (Lipinski definition) is 1. The van der Waals surface area contributed by atoms with E-state index in [9.17, 15) is 13.2 Å². The highest BCUT2D eigenvalue weighted by atomic mass is 79.9. The molecule has 1 saturated carbocycles. The Morgan fingerprint density at radius 3 is 2.62 bits per heavy atom. The first kappa shape index (κ1) is 16.7. The number of hydrogen-bond acceptors (Lipinski definition) is 1. The fraction of sp³-hybridized carbons (Fsp3) is 0.625. The number of rotatable bonds is 3. The average Bonchev–Trinajstić information content (AvgIpc) is 2.65. The highest BCUT2D eigenvalue weighted by molar-refractivity contribution is 9.10. The lowest BCUT2D eigenvalue weighted by Crippen LogP contribution is -2.19. The van der Waals surface area contributed by atoms with Gasteiger partial charge in [-0.2, -0.15) is 13.2 Å². The summed E-state index contributed by atoms with van der Waals surface area (Å²) >= 11 is 3.34. The maximum absolute atomic E-state index is 12.8. The molecule has 1 fully saturated rings. The van der Waals surface area contributed by atoms with Crippen molar-refractivity contribution in [3.8, 4) is 0 Å². The molecule has 1 aromatic rings. The minimum Gasteiger partial charge on any atom is -0.381 e. The highest BCUT2D eigenvalue weighted by Crippen LogP contribution is 2.35. The van der Waals surface area contributed by atoms with E-state index in [0.29, 0.717) is 10.2 Å². The smallest absolute Gasteiger partial charge is 0.381 e. The van der Waals surface area contributed by atoms with Crippen molar-refractivity contribution in [3.63, 3.8) is 0 Å². The van der Waals surface area contributed by atoms with Crippen LogP contribution in [0.3, 0.4) is 0 Å². The lowest BCUT2D eigenvalue weighted by Gasteiger charge is -2.20. The van der Waals surface area contributed by atoms with Gasteiger partial charge in [-0.15, -0.1) is 0 Å². The summed E-state index contributed by atoms with van der Waals surface area (Å²) in [6, 6.07) is 4.04. The minimum absolute atomic E-state index is 0.265. The maximum Gasteiger partial charge on any atom is 0.416 e. The Bertz CT molecular complexity index is 473. The lowest BCUT2D eigenvalue weighted by atomic mass is 9.98. The van der Waals surface area contributed by atoms with E-state index in [2.05, 4.69) is 28.2 Å². The third-order valence-electron chi connectivity index (χ3n) is 4.32. The van der Waals surface area contributed by atoms with Gasteiger partial charge in [-0.1, -0.05) is 26.2 Å². The van der Waals surface area contributed by atoms with E-state index < -0.39 is 11.7 Å². The minimum atomic E-state index is -4.30. The van der Waals surface area contributed by atoms with Gasteiger partial charge in [0.1, 0.15) is 0 Å². The van der Waals surface area contributed by atoms with Crippen LogP contribution >= 0.6 is 15.9 Å². The van der Waals surface area contributed by atoms with Gasteiger partial charge in [-0.3, -0.25) is 0 Å². The van der Waals surface area contributed by atoms with Gasteiger partial charge in [-0.05, 0) is 59.3 Å². The van der Waals surface area contributed by atoms with Crippen molar-refractivity contribution in [2.24, 2.45) is 5.92 Å². The predicted molar refractivity (Wildman–Crippen MR) is 83.4 cm³/mol. The largest absolute Gasteiger partial charge is 0.416 e. The van der Waals surface area contributed by atoms with Gasteiger partial charge in [0.05, 0.1) is 5.56 Å². The SMILES string of the molecule is CCC1CCCC(Nc2cc(C(F)(F)F)ccc2Br)CC1. The van der Waals surface area contributed by atoms with Crippen LogP contribution < -0.4 is 5.32 Å². The van der Waals surface area contributed by atoms with Crippen LogP contribution in [0.5, 0.6) is 0 Å². The Labute approximate surface area is 132 Å². The topological polar surface area (TPSA) is 12.0 Å². The van der Waals surface area contributed by atoms with E-state index in [1.807, 2.05) is 0 Å². The fourth-order valence-corrected chi connectivity index (χ4v) is 3.32. The van der Waals surface area contributed by atoms with Crippen LogP contribution in [-0.2, 0) is 6.18 Å². The van der Waals surface area contributed by atoms with Gasteiger partial charge < -0.3 is 5.32 Å². The molecule has 2 atom stereocenters. The molecule has 2 unspecified atom stereocenters. The highest BCUT2D eigenvalue weighted by Gasteiger charge is 2.31. The standard InChI is InChI=1S/C16H21BrF3N/c1-2-11-4-3-5-13(8-6-11)21-15-10-12(16(18,19)20)7-9-14(15)17/h7,9-11,13,21H,2-6,8H2,1H3. The molecule has 118 valence electrons. The monoisotopic (exact) mass is 363 g/mol. The third kappa shape index (κ3) is 4.63. The quantitative estimate of drug-likeness (QED) is 0.626. The first-order valence-electron chi connectivity index (χ1n) is 7.53. The molecule has 0 saturated heterocycles. The molecule has 1 aliphatic rings. The molecule has 1 N–H and O–H groups in total. The van der Waals surface area contributed by atoms with Gasteiger partial charge in [0.15, 0.2) is 0 Å². The summed E-state index contributed by atoms with van der Waals surface area (Å²) in [6.45, 7) is 2.21. The van der Waals surface area contributed by atoms with Crippen LogP contribution in [0.4, 0.5) is 18.9 Å². The molecule has 0 bridgehead atoms. The molecular weight excluding hydrogens is 343 g/mol. The van der Waals surface area contributed by atoms with Crippen LogP contribution in [0.25, 0.3) is 0 Å². The first-order valence-corrected chi connectivity index (χ1v) is 8.32. The molecule has 1 nitrogen and oxygen atoms in total. The van der Waals surface area contributed by atoms with Gasteiger partial charge in [0.25, 0.3) is 0 Å². The average molecular weight is 364 g/mol. The Balaban J connectivity index is 2.08. The van der Waals surface area contributed by atoms with E-state index in [1.165, 1.54) is 25.0 Å². The van der Waals surface area contributed by atoms with E-state index in [4.69, 9.17) is 0 Å². The molecule has 0 amide bonds. The van der Waals surface area contributed by atoms with Crippen LogP contribution in [0, 0.1) is 5.92 Å². The summed E-state index contributed by atoms with van der Waals surface area (Å²) in [6.07, 6.45) is 2.49. The first-order chi connectivity index (χ1) is 9.90. The van der Waals surface area contributed by atoms with E-state index in [1.54, 1.807) is 0 Å².